The highest BCUT2D eigenvalue weighted by molar-refractivity contribution is 6.01. The van der Waals surface area contributed by atoms with Crippen LogP contribution in [-0.4, -0.2) is 66.6 Å². The average molecular weight is 385 g/mol. The minimum absolute atomic E-state index is 0.235. The van der Waals surface area contributed by atoms with Gasteiger partial charge in [-0.25, -0.2) is 4.98 Å². The van der Waals surface area contributed by atoms with Gasteiger partial charge in [0.1, 0.15) is 36.0 Å². The van der Waals surface area contributed by atoms with E-state index in [9.17, 15) is 15.3 Å². The summed E-state index contributed by atoms with van der Waals surface area (Å²) in [5.74, 6) is 0.890. The molecular formula is C19H23N5O4. The van der Waals surface area contributed by atoms with Crippen LogP contribution in [0.5, 0.6) is 0 Å². The second-order valence-electron chi connectivity index (χ2n) is 7.52. The number of nitrogens with one attached hydrogen (secondary N) is 2. The van der Waals surface area contributed by atoms with E-state index < -0.39 is 31.1 Å². The summed E-state index contributed by atoms with van der Waals surface area (Å²) in [5.41, 5.74) is 1.51. The van der Waals surface area contributed by atoms with Gasteiger partial charge in [-0.1, -0.05) is 30.3 Å². The number of amidine groups is 1. The predicted octanol–water partition coefficient (Wildman–Crippen LogP) is 0.409. The largest absolute Gasteiger partial charge is 0.394 e. The van der Waals surface area contributed by atoms with Gasteiger partial charge >= 0.3 is 0 Å². The summed E-state index contributed by atoms with van der Waals surface area (Å²) in [7, 11) is 0. The van der Waals surface area contributed by atoms with Crippen molar-refractivity contribution in [3.05, 3.63) is 47.9 Å². The molecule has 2 aromatic rings. The Kier molecular flexibility index (Phi) is 4.13. The summed E-state index contributed by atoms with van der Waals surface area (Å²) in [5, 5.41) is 42.1. The zero-order valence-electron chi connectivity index (χ0n) is 15.1. The van der Waals surface area contributed by atoms with Crippen LogP contribution in [0.25, 0.3) is 0 Å². The van der Waals surface area contributed by atoms with E-state index >= 15 is 0 Å². The SMILES string of the molecule is N=C1c2ncn([C@H]3O[C@H](CO)[C@@H](O)[C@H]3O)c2N[C@H](c2ccccc2)N1C1CC1. The van der Waals surface area contributed by atoms with Crippen molar-refractivity contribution < 1.29 is 20.1 Å². The van der Waals surface area contributed by atoms with Crippen molar-refractivity contribution in [2.24, 2.45) is 0 Å². The van der Waals surface area contributed by atoms with Crippen LogP contribution in [0.4, 0.5) is 5.82 Å². The zero-order valence-corrected chi connectivity index (χ0v) is 15.1. The molecule has 148 valence electrons. The molecule has 5 N–H and O–H groups in total. The molecule has 0 bridgehead atoms. The summed E-state index contributed by atoms with van der Waals surface area (Å²) in [6.45, 7) is -0.392. The highest BCUT2D eigenvalue weighted by Crippen LogP contribution is 2.42. The predicted molar refractivity (Wildman–Crippen MR) is 99.7 cm³/mol. The van der Waals surface area contributed by atoms with Gasteiger partial charge in [-0.3, -0.25) is 9.98 Å². The Balaban J connectivity index is 1.54. The van der Waals surface area contributed by atoms with Crippen molar-refractivity contribution in [1.82, 2.24) is 14.5 Å². The van der Waals surface area contributed by atoms with Gasteiger partial charge in [-0.2, -0.15) is 0 Å². The number of anilines is 1. The fraction of sp³-hybridized carbons (Fsp3) is 0.474. The third-order valence-corrected chi connectivity index (χ3v) is 5.67. The van der Waals surface area contributed by atoms with E-state index in [2.05, 4.69) is 10.3 Å². The van der Waals surface area contributed by atoms with E-state index in [1.807, 2.05) is 35.2 Å². The number of nitrogens with zero attached hydrogens (tertiary/aromatic N) is 3. The number of aliphatic hydroxyl groups is 3. The number of rotatable bonds is 4. The summed E-state index contributed by atoms with van der Waals surface area (Å²) >= 11 is 0. The minimum atomic E-state index is -1.21. The molecule has 3 heterocycles. The maximum Gasteiger partial charge on any atom is 0.165 e. The fourth-order valence-electron chi connectivity index (χ4n) is 4.06. The highest BCUT2D eigenvalue weighted by atomic mass is 16.6. The summed E-state index contributed by atoms with van der Waals surface area (Å²) in [6, 6.07) is 10.2. The number of imidazole rings is 1. The average Bonchev–Trinajstić information content (AvgIpc) is 3.40. The molecule has 1 aromatic carbocycles. The number of benzene rings is 1. The Morgan fingerprint density at radius 3 is 2.57 bits per heavy atom. The van der Waals surface area contributed by atoms with Crippen molar-refractivity contribution in [3.8, 4) is 0 Å². The molecule has 2 fully saturated rings. The zero-order chi connectivity index (χ0) is 19.4. The van der Waals surface area contributed by atoms with E-state index in [0.29, 0.717) is 23.4 Å². The lowest BCUT2D eigenvalue weighted by Crippen LogP contribution is -2.45. The standard InChI is InChI=1S/C19H23N5O4/c20-16-13-18(23(9-21-13)19-15(27)14(26)12(8-25)28-19)22-17(24(16)11-6-7-11)10-4-2-1-3-5-10/h1-5,9,11-12,14-15,17,19-20,22,25-27H,6-8H2/t12-,14-,15-,17+,19+/m1/s1. The molecule has 0 amide bonds. The molecule has 5 rings (SSSR count). The lowest BCUT2D eigenvalue weighted by molar-refractivity contribution is -0.0520. The Hall–Kier alpha value is -2.46. The van der Waals surface area contributed by atoms with Gasteiger partial charge in [-0.05, 0) is 18.4 Å². The Morgan fingerprint density at radius 2 is 1.93 bits per heavy atom. The van der Waals surface area contributed by atoms with Crippen LogP contribution in [0.15, 0.2) is 36.7 Å². The number of ether oxygens (including phenoxy) is 1. The highest BCUT2D eigenvalue weighted by Gasteiger charge is 2.47. The van der Waals surface area contributed by atoms with E-state index in [1.165, 1.54) is 6.33 Å². The van der Waals surface area contributed by atoms with Gasteiger partial charge in [-0.15, -0.1) is 0 Å². The molecule has 1 saturated carbocycles. The number of fused-ring (bicyclic) bond motifs is 1. The molecule has 0 spiro atoms. The van der Waals surface area contributed by atoms with E-state index in [4.69, 9.17) is 10.1 Å². The quantitative estimate of drug-likeness (QED) is 0.516. The van der Waals surface area contributed by atoms with Gasteiger partial charge in [0.05, 0.1) is 12.9 Å². The second kappa shape index (κ2) is 6.56. The van der Waals surface area contributed by atoms with Crippen LogP contribution < -0.4 is 5.32 Å². The molecule has 9 heteroatoms. The molecule has 9 nitrogen and oxygen atoms in total. The first-order valence-electron chi connectivity index (χ1n) is 9.48. The molecule has 1 aromatic heterocycles. The van der Waals surface area contributed by atoms with Crippen LogP contribution >= 0.6 is 0 Å². The second-order valence-corrected chi connectivity index (χ2v) is 7.52. The first kappa shape index (κ1) is 17.6. The Labute approximate surface area is 161 Å². The number of hydrogen-bond acceptors (Lipinski definition) is 7. The summed E-state index contributed by atoms with van der Waals surface area (Å²) < 4.78 is 7.26. The third kappa shape index (κ3) is 2.62. The monoisotopic (exact) mass is 385 g/mol. The molecule has 1 aliphatic carbocycles. The number of aromatic nitrogens is 2. The van der Waals surface area contributed by atoms with Crippen LogP contribution in [0.3, 0.4) is 0 Å². The van der Waals surface area contributed by atoms with Gasteiger partial charge in [0.25, 0.3) is 0 Å². The van der Waals surface area contributed by atoms with Gasteiger partial charge in [0.2, 0.25) is 0 Å². The van der Waals surface area contributed by atoms with Crippen molar-refractivity contribution in [2.75, 3.05) is 11.9 Å². The van der Waals surface area contributed by atoms with Gasteiger partial charge in [0.15, 0.2) is 12.1 Å². The lowest BCUT2D eigenvalue weighted by atomic mass is 10.1. The molecule has 1 saturated heterocycles. The first-order valence-corrected chi connectivity index (χ1v) is 9.48. The normalized spacial score (nSPS) is 32.3. The Bertz CT molecular complexity index is 884. The number of aliphatic hydroxyl groups excluding tert-OH is 3. The smallest absolute Gasteiger partial charge is 0.165 e. The van der Waals surface area contributed by atoms with Gasteiger partial charge in [0, 0.05) is 6.04 Å². The van der Waals surface area contributed by atoms with Crippen molar-refractivity contribution in [3.63, 3.8) is 0 Å². The molecular weight excluding hydrogens is 362 g/mol. The summed E-state index contributed by atoms with van der Waals surface area (Å²) in [4.78, 5) is 6.43. The van der Waals surface area contributed by atoms with E-state index in [0.717, 1.165) is 18.4 Å². The van der Waals surface area contributed by atoms with Crippen LogP contribution in [-0.2, 0) is 4.74 Å². The van der Waals surface area contributed by atoms with Gasteiger partial charge < -0.3 is 30.3 Å². The summed E-state index contributed by atoms with van der Waals surface area (Å²) in [6.07, 6.45) is -0.809. The molecule has 2 aliphatic heterocycles. The molecule has 0 unspecified atom stereocenters. The van der Waals surface area contributed by atoms with Crippen LogP contribution in [0.2, 0.25) is 0 Å². The van der Waals surface area contributed by atoms with E-state index in [1.54, 1.807) is 4.57 Å². The number of hydrogen-bond donors (Lipinski definition) is 5. The van der Waals surface area contributed by atoms with Crippen molar-refractivity contribution in [1.29, 1.82) is 5.41 Å². The third-order valence-electron chi connectivity index (χ3n) is 5.67. The minimum Gasteiger partial charge on any atom is -0.394 e. The maximum atomic E-state index is 10.4. The fourth-order valence-corrected chi connectivity index (χ4v) is 4.06. The molecule has 3 aliphatic rings. The first-order chi connectivity index (χ1) is 13.6. The topological polar surface area (TPSA) is 127 Å². The van der Waals surface area contributed by atoms with Crippen LogP contribution in [0, 0.1) is 5.41 Å². The van der Waals surface area contributed by atoms with Crippen LogP contribution in [0.1, 0.15) is 36.5 Å². The van der Waals surface area contributed by atoms with Crippen molar-refractivity contribution >= 4 is 11.7 Å². The lowest BCUT2D eigenvalue weighted by Gasteiger charge is -2.39. The molecule has 28 heavy (non-hydrogen) atoms. The maximum absolute atomic E-state index is 10.4. The molecule has 0 radical (unpaired) electrons. The van der Waals surface area contributed by atoms with Crippen molar-refractivity contribution in [2.45, 2.75) is 49.6 Å². The Morgan fingerprint density at radius 1 is 1.18 bits per heavy atom. The van der Waals surface area contributed by atoms with E-state index in [-0.39, 0.29) is 6.17 Å². The molecule has 5 atom stereocenters.